The molecule has 152 valence electrons. The first-order chi connectivity index (χ1) is 14.5. The number of para-hydroxylation sites is 2. The van der Waals surface area contributed by atoms with Crippen molar-refractivity contribution in [2.45, 2.75) is 19.4 Å². The molecule has 0 fully saturated rings. The Bertz CT molecular complexity index is 1100. The second kappa shape index (κ2) is 7.76. The van der Waals surface area contributed by atoms with Crippen LogP contribution in [0.1, 0.15) is 23.6 Å². The number of aliphatic hydroxyl groups is 1. The third-order valence-electron chi connectivity index (χ3n) is 5.55. The zero-order valence-electron chi connectivity index (χ0n) is 17.1. The number of rotatable bonds is 5. The highest BCUT2D eigenvalue weighted by Crippen LogP contribution is 2.44. The molecular weight excluding hydrogens is 376 g/mol. The number of carbonyl (C=O) groups is 2. The van der Waals surface area contributed by atoms with Crippen molar-refractivity contribution < 1.29 is 14.7 Å². The maximum Gasteiger partial charge on any atom is 0.268 e. The molecule has 1 atom stereocenters. The maximum atomic E-state index is 13.5. The number of likely N-dealkylation sites (N-methyl/N-ethyl adjacent to an activating group) is 1. The highest BCUT2D eigenvalue weighted by atomic mass is 16.3. The van der Waals surface area contributed by atoms with E-state index in [4.69, 9.17) is 0 Å². The predicted octanol–water partition coefficient (Wildman–Crippen LogP) is 3.63. The van der Waals surface area contributed by atoms with Gasteiger partial charge < -0.3 is 10.0 Å². The summed E-state index contributed by atoms with van der Waals surface area (Å²) in [6, 6.07) is 23.8. The van der Waals surface area contributed by atoms with Crippen molar-refractivity contribution in [3.63, 3.8) is 0 Å². The number of benzene rings is 3. The lowest BCUT2D eigenvalue weighted by molar-refractivity contribution is -0.133. The van der Waals surface area contributed by atoms with Gasteiger partial charge in [0.15, 0.2) is 5.60 Å². The molecule has 0 saturated heterocycles. The van der Waals surface area contributed by atoms with E-state index in [0.717, 1.165) is 11.3 Å². The summed E-state index contributed by atoms with van der Waals surface area (Å²) >= 11 is 0. The average Bonchev–Trinajstić information content (AvgIpc) is 2.98. The number of hydrogen-bond acceptors (Lipinski definition) is 3. The van der Waals surface area contributed by atoms with Crippen LogP contribution >= 0.6 is 0 Å². The molecule has 30 heavy (non-hydrogen) atoms. The Morgan fingerprint density at radius 3 is 2.40 bits per heavy atom. The van der Waals surface area contributed by atoms with Gasteiger partial charge in [0.1, 0.15) is 6.54 Å². The number of fused-ring (bicyclic) bond motifs is 1. The maximum absolute atomic E-state index is 13.5. The van der Waals surface area contributed by atoms with E-state index in [9.17, 15) is 14.7 Å². The number of amides is 2. The lowest BCUT2D eigenvalue weighted by atomic mass is 9.87. The minimum absolute atomic E-state index is 0.146. The van der Waals surface area contributed by atoms with Crippen molar-refractivity contribution in [1.82, 2.24) is 0 Å². The van der Waals surface area contributed by atoms with Gasteiger partial charge in [0.2, 0.25) is 5.91 Å². The lowest BCUT2D eigenvalue weighted by Crippen LogP contribution is -2.46. The zero-order valence-corrected chi connectivity index (χ0v) is 17.1. The van der Waals surface area contributed by atoms with Gasteiger partial charge in [0.05, 0.1) is 5.69 Å². The summed E-state index contributed by atoms with van der Waals surface area (Å²) in [6.07, 6.45) is 0. The van der Waals surface area contributed by atoms with E-state index in [2.05, 4.69) is 0 Å². The minimum atomic E-state index is -1.81. The van der Waals surface area contributed by atoms with Gasteiger partial charge in [-0.25, -0.2) is 0 Å². The molecule has 5 heteroatoms. The van der Waals surface area contributed by atoms with Crippen molar-refractivity contribution in [1.29, 1.82) is 0 Å². The molecule has 1 aliphatic rings. The van der Waals surface area contributed by atoms with Crippen LogP contribution in [0.15, 0.2) is 78.9 Å². The van der Waals surface area contributed by atoms with E-state index in [1.54, 1.807) is 35.2 Å². The number of hydrogen-bond donors (Lipinski definition) is 1. The molecule has 3 aromatic carbocycles. The van der Waals surface area contributed by atoms with Crippen LogP contribution in [-0.2, 0) is 15.2 Å². The molecule has 1 aliphatic heterocycles. The number of carbonyl (C=O) groups excluding carboxylic acids is 2. The smallest absolute Gasteiger partial charge is 0.268 e. The fraction of sp³-hybridized carbons (Fsp3) is 0.200. The molecule has 1 N–H and O–H groups in total. The molecule has 2 amide bonds. The van der Waals surface area contributed by atoms with Crippen LogP contribution in [0.2, 0.25) is 0 Å². The van der Waals surface area contributed by atoms with Crippen LogP contribution in [0.5, 0.6) is 0 Å². The largest absolute Gasteiger partial charge is 0.372 e. The predicted molar refractivity (Wildman–Crippen MR) is 117 cm³/mol. The summed E-state index contributed by atoms with van der Waals surface area (Å²) in [5.41, 5.74) is 1.47. The van der Waals surface area contributed by atoms with Crippen LogP contribution in [0.4, 0.5) is 11.4 Å². The van der Waals surface area contributed by atoms with Crippen molar-refractivity contribution in [2.75, 3.05) is 22.9 Å². The first-order valence-corrected chi connectivity index (χ1v) is 10.0. The number of aryl methyl sites for hydroxylation is 1. The first-order valence-electron chi connectivity index (χ1n) is 10.0. The van der Waals surface area contributed by atoms with E-state index < -0.39 is 11.5 Å². The van der Waals surface area contributed by atoms with Crippen molar-refractivity contribution in [2.24, 2.45) is 0 Å². The second-order valence-electron chi connectivity index (χ2n) is 7.46. The Morgan fingerprint density at radius 2 is 1.70 bits per heavy atom. The van der Waals surface area contributed by atoms with Gasteiger partial charge in [-0.2, -0.15) is 0 Å². The molecule has 1 unspecified atom stereocenters. The van der Waals surface area contributed by atoms with Gasteiger partial charge >= 0.3 is 0 Å². The van der Waals surface area contributed by atoms with Crippen LogP contribution in [-0.4, -0.2) is 30.0 Å². The quantitative estimate of drug-likeness (QED) is 0.711. The lowest BCUT2D eigenvalue weighted by Gasteiger charge is -2.26. The molecule has 0 saturated carbocycles. The van der Waals surface area contributed by atoms with Crippen molar-refractivity contribution in [3.05, 3.63) is 95.6 Å². The molecule has 0 radical (unpaired) electrons. The number of nitrogens with zero attached hydrogens (tertiary/aromatic N) is 2. The van der Waals surface area contributed by atoms with Gasteiger partial charge in [-0.3, -0.25) is 14.5 Å². The fourth-order valence-corrected chi connectivity index (χ4v) is 4.07. The molecular formula is C25H24N2O3. The Hall–Kier alpha value is -3.44. The average molecular weight is 400 g/mol. The highest BCUT2D eigenvalue weighted by molar-refractivity contribution is 6.13. The van der Waals surface area contributed by atoms with Gasteiger partial charge in [0, 0.05) is 17.8 Å². The fourth-order valence-electron chi connectivity index (χ4n) is 4.07. The van der Waals surface area contributed by atoms with Crippen LogP contribution in [0.3, 0.4) is 0 Å². The summed E-state index contributed by atoms with van der Waals surface area (Å²) in [5, 5.41) is 11.6. The Balaban J connectivity index is 1.71. The molecule has 4 rings (SSSR count). The Labute approximate surface area is 176 Å². The van der Waals surface area contributed by atoms with Gasteiger partial charge in [-0.1, -0.05) is 66.2 Å². The molecule has 5 nitrogen and oxygen atoms in total. The minimum Gasteiger partial charge on any atom is -0.372 e. The summed E-state index contributed by atoms with van der Waals surface area (Å²) in [4.78, 5) is 29.7. The van der Waals surface area contributed by atoms with E-state index in [1.807, 2.05) is 62.4 Å². The summed E-state index contributed by atoms with van der Waals surface area (Å²) < 4.78 is 0. The van der Waals surface area contributed by atoms with E-state index >= 15 is 0 Å². The molecule has 1 heterocycles. The van der Waals surface area contributed by atoms with E-state index in [1.165, 1.54) is 4.90 Å². The highest BCUT2D eigenvalue weighted by Gasteiger charge is 2.51. The second-order valence-corrected chi connectivity index (χ2v) is 7.46. The first kappa shape index (κ1) is 19.9. The normalized spacial score (nSPS) is 17.7. The van der Waals surface area contributed by atoms with Gasteiger partial charge in [-0.15, -0.1) is 0 Å². The van der Waals surface area contributed by atoms with Gasteiger partial charge in [-0.05, 0) is 37.6 Å². The van der Waals surface area contributed by atoms with Crippen LogP contribution in [0.25, 0.3) is 0 Å². The Kier molecular flexibility index (Phi) is 5.14. The molecule has 0 aromatic heterocycles. The Morgan fingerprint density at radius 1 is 1.00 bits per heavy atom. The molecule has 0 aliphatic carbocycles. The van der Waals surface area contributed by atoms with Crippen LogP contribution < -0.4 is 9.80 Å². The monoisotopic (exact) mass is 400 g/mol. The van der Waals surface area contributed by atoms with Gasteiger partial charge in [0.25, 0.3) is 5.91 Å². The van der Waals surface area contributed by atoms with E-state index in [-0.39, 0.29) is 12.5 Å². The topological polar surface area (TPSA) is 60.9 Å². The number of anilines is 2. The third kappa shape index (κ3) is 3.17. The van der Waals surface area contributed by atoms with Crippen LogP contribution in [0, 0.1) is 6.92 Å². The zero-order chi connectivity index (χ0) is 21.3. The molecule has 0 spiro atoms. The van der Waals surface area contributed by atoms with Crippen molar-refractivity contribution in [3.8, 4) is 0 Å². The third-order valence-corrected chi connectivity index (χ3v) is 5.55. The standard InChI is InChI=1S/C25H24N2O3/c1-3-26(20-12-5-4-6-13-20)23(28)17-27-22-15-8-7-14-21(22)25(30,24(27)29)19-11-9-10-18(2)16-19/h4-16,30H,3,17H2,1-2H3. The summed E-state index contributed by atoms with van der Waals surface area (Å²) in [6.45, 7) is 4.15. The molecule has 3 aromatic rings. The molecule has 0 bridgehead atoms. The summed E-state index contributed by atoms with van der Waals surface area (Å²) in [7, 11) is 0. The summed E-state index contributed by atoms with van der Waals surface area (Å²) in [5.74, 6) is -0.716. The van der Waals surface area contributed by atoms with E-state index in [0.29, 0.717) is 23.4 Å². The van der Waals surface area contributed by atoms with Crippen molar-refractivity contribution >= 4 is 23.2 Å². The SMILES string of the molecule is CCN(C(=O)CN1C(=O)C(O)(c2cccc(C)c2)c2ccccc21)c1ccccc1.